The van der Waals surface area contributed by atoms with Crippen LogP contribution < -0.4 is 11.1 Å². The summed E-state index contributed by atoms with van der Waals surface area (Å²) in [5.74, 6) is -0.952. The summed E-state index contributed by atoms with van der Waals surface area (Å²) in [4.78, 5) is 29.0. The van der Waals surface area contributed by atoms with Gasteiger partial charge in [-0.2, -0.15) is 4.31 Å². The summed E-state index contributed by atoms with van der Waals surface area (Å²) < 4.78 is 28.8. The Morgan fingerprint density at radius 2 is 1.82 bits per heavy atom. The average Bonchev–Trinajstić information content (AvgIpc) is 3.31. The van der Waals surface area contributed by atoms with Crippen molar-refractivity contribution in [3.63, 3.8) is 0 Å². The zero-order chi connectivity index (χ0) is 27.6. The molecule has 0 radical (unpaired) electrons. The third-order valence-corrected chi connectivity index (χ3v) is 11.4. The molecular formula is C28H38N4O4S2. The van der Waals surface area contributed by atoms with E-state index in [1.807, 2.05) is 0 Å². The summed E-state index contributed by atoms with van der Waals surface area (Å²) in [5.41, 5.74) is 7.45. The maximum Gasteiger partial charge on any atom is 0.256 e. The molecule has 206 valence electrons. The van der Waals surface area contributed by atoms with Gasteiger partial charge in [-0.3, -0.25) is 14.5 Å². The van der Waals surface area contributed by atoms with E-state index < -0.39 is 21.8 Å². The van der Waals surface area contributed by atoms with Gasteiger partial charge in [0.15, 0.2) is 0 Å². The molecule has 2 aromatic rings. The summed E-state index contributed by atoms with van der Waals surface area (Å²) in [6.45, 7) is 13.0. The van der Waals surface area contributed by atoms with Gasteiger partial charge in [-0.25, -0.2) is 8.42 Å². The quantitative estimate of drug-likeness (QED) is 0.544. The number of nitrogens with two attached hydrogens (primary N) is 1. The third-order valence-electron chi connectivity index (χ3n) is 8.38. The molecule has 1 aliphatic carbocycles. The highest BCUT2D eigenvalue weighted by Crippen LogP contribution is 2.53. The maximum absolute atomic E-state index is 13.6. The van der Waals surface area contributed by atoms with Gasteiger partial charge >= 0.3 is 0 Å². The lowest BCUT2D eigenvalue weighted by molar-refractivity contribution is 0.0999. The van der Waals surface area contributed by atoms with Crippen molar-refractivity contribution in [3.8, 4) is 0 Å². The largest absolute Gasteiger partial charge is 0.365 e. The van der Waals surface area contributed by atoms with E-state index in [2.05, 4.69) is 44.8 Å². The third kappa shape index (κ3) is 4.92. The van der Waals surface area contributed by atoms with Crippen LogP contribution in [0.25, 0.3) is 0 Å². The number of hydrogen-bond acceptors (Lipinski definition) is 6. The Morgan fingerprint density at radius 1 is 1.13 bits per heavy atom. The first kappa shape index (κ1) is 27.3. The number of primary amides is 1. The first-order chi connectivity index (χ1) is 17.7. The summed E-state index contributed by atoms with van der Waals surface area (Å²) >= 11 is 1.39. The highest BCUT2D eigenvalue weighted by atomic mass is 32.2. The highest BCUT2D eigenvalue weighted by Gasteiger charge is 2.53. The zero-order valence-electron chi connectivity index (χ0n) is 22.8. The lowest BCUT2D eigenvalue weighted by Gasteiger charge is -2.39. The summed E-state index contributed by atoms with van der Waals surface area (Å²) in [6.07, 6.45) is 3.46. The number of benzene rings is 1. The van der Waals surface area contributed by atoms with E-state index in [-0.39, 0.29) is 21.8 Å². The number of carbonyl (C=O) groups excluding carboxylic acids is 2. The van der Waals surface area contributed by atoms with Crippen LogP contribution in [0.3, 0.4) is 0 Å². The number of nitrogens with one attached hydrogen (secondary N) is 1. The highest BCUT2D eigenvalue weighted by molar-refractivity contribution is 7.89. The van der Waals surface area contributed by atoms with Gasteiger partial charge < -0.3 is 11.1 Å². The summed E-state index contributed by atoms with van der Waals surface area (Å²) in [7, 11) is -3.68. The molecule has 1 aromatic carbocycles. The second-order valence-corrected chi connectivity index (χ2v) is 15.6. The van der Waals surface area contributed by atoms with E-state index in [4.69, 9.17) is 5.73 Å². The number of amides is 2. The number of carbonyl (C=O) groups is 2. The Bertz CT molecular complexity index is 1380. The molecule has 3 heterocycles. The van der Waals surface area contributed by atoms with E-state index in [1.165, 1.54) is 35.6 Å². The lowest BCUT2D eigenvalue weighted by atomic mass is 9.65. The van der Waals surface area contributed by atoms with Gasteiger partial charge in [-0.15, -0.1) is 11.3 Å². The molecule has 2 unspecified atom stereocenters. The molecule has 3 N–H and O–H groups in total. The fourth-order valence-corrected chi connectivity index (χ4v) is 10.0. The molecular weight excluding hydrogens is 520 g/mol. The van der Waals surface area contributed by atoms with E-state index >= 15 is 0 Å². The van der Waals surface area contributed by atoms with Crippen LogP contribution >= 0.6 is 11.3 Å². The second-order valence-electron chi connectivity index (χ2n) is 12.6. The van der Waals surface area contributed by atoms with Crippen LogP contribution in [-0.2, 0) is 23.0 Å². The van der Waals surface area contributed by atoms with Crippen molar-refractivity contribution in [1.29, 1.82) is 0 Å². The van der Waals surface area contributed by atoms with E-state index in [0.717, 1.165) is 36.2 Å². The molecule has 1 saturated heterocycles. The average molecular weight is 559 g/mol. The van der Waals surface area contributed by atoms with Gasteiger partial charge in [-0.1, -0.05) is 20.8 Å². The molecule has 38 heavy (non-hydrogen) atoms. The topological polar surface area (TPSA) is 113 Å². The van der Waals surface area contributed by atoms with Crippen molar-refractivity contribution in [2.24, 2.45) is 16.6 Å². The number of rotatable bonds is 6. The molecule has 2 amide bonds. The van der Waals surface area contributed by atoms with Crippen molar-refractivity contribution in [2.45, 2.75) is 83.8 Å². The molecule has 3 aliphatic rings. The van der Waals surface area contributed by atoms with Gasteiger partial charge in [0, 0.05) is 42.2 Å². The van der Waals surface area contributed by atoms with Crippen LogP contribution in [0.1, 0.15) is 85.0 Å². The number of anilines is 1. The van der Waals surface area contributed by atoms with Crippen LogP contribution in [-0.4, -0.2) is 54.6 Å². The van der Waals surface area contributed by atoms with Crippen LogP contribution in [0, 0.1) is 10.8 Å². The monoisotopic (exact) mass is 558 g/mol. The fraction of sp³-hybridized carbons (Fsp3) is 0.571. The minimum Gasteiger partial charge on any atom is -0.365 e. The fourth-order valence-electron chi connectivity index (χ4n) is 6.99. The minimum absolute atomic E-state index is 0.000396. The molecule has 1 saturated carbocycles. The second kappa shape index (κ2) is 9.43. The van der Waals surface area contributed by atoms with Crippen molar-refractivity contribution < 1.29 is 18.0 Å². The molecule has 1 aromatic heterocycles. The number of nitrogens with zero attached hydrogens (tertiary/aromatic N) is 2. The molecule has 0 spiro atoms. The predicted molar refractivity (Wildman–Crippen MR) is 150 cm³/mol. The number of thiophene rings is 1. The molecule has 8 nitrogen and oxygen atoms in total. The molecule has 2 aliphatic heterocycles. The Labute approximate surface area is 229 Å². The van der Waals surface area contributed by atoms with Crippen molar-refractivity contribution >= 4 is 38.2 Å². The first-order valence-corrected chi connectivity index (χ1v) is 15.6. The van der Waals surface area contributed by atoms with Crippen LogP contribution in [0.2, 0.25) is 0 Å². The smallest absolute Gasteiger partial charge is 0.256 e. The van der Waals surface area contributed by atoms with Gasteiger partial charge in [0.25, 0.3) is 11.8 Å². The minimum atomic E-state index is -3.68. The SMILES string of the molecule is CC(C)N1CCc2c(sc(NC(=O)c3ccc(S(=O)(=O)N4CC5(C)CC4CC(C)(C)C5)cc3)c2C(N)=O)C1. The first-order valence-electron chi connectivity index (χ1n) is 13.3. The van der Waals surface area contributed by atoms with Crippen LogP contribution in [0.4, 0.5) is 5.00 Å². The summed E-state index contributed by atoms with van der Waals surface area (Å²) in [5, 5.41) is 3.32. The lowest BCUT2D eigenvalue weighted by Crippen LogP contribution is -2.37. The standard InChI is InChI=1S/C28H38N4O4S2/c1-17(2)31-11-10-21-22(14-31)37-26(23(21)24(29)33)30-25(34)18-6-8-20(9-7-18)38(35,36)32-16-28(5)13-19(32)12-27(3,4)15-28/h6-9,17,19H,10-16H2,1-5H3,(H2,29,33)(H,30,34). The molecule has 10 heteroatoms. The van der Waals surface area contributed by atoms with Crippen molar-refractivity contribution in [2.75, 3.05) is 18.4 Å². The van der Waals surface area contributed by atoms with Crippen LogP contribution in [0.15, 0.2) is 29.2 Å². The van der Waals surface area contributed by atoms with Gasteiger partial charge in [0.2, 0.25) is 10.0 Å². The van der Waals surface area contributed by atoms with Gasteiger partial charge in [-0.05, 0) is 80.2 Å². The normalized spacial score (nSPS) is 25.4. The van der Waals surface area contributed by atoms with Crippen LogP contribution in [0.5, 0.6) is 0 Å². The number of hydrogen-bond donors (Lipinski definition) is 2. The van der Waals surface area contributed by atoms with E-state index in [9.17, 15) is 18.0 Å². The maximum atomic E-state index is 13.6. The number of fused-ring (bicyclic) bond motifs is 3. The Balaban J connectivity index is 1.35. The van der Waals surface area contributed by atoms with E-state index in [0.29, 0.717) is 41.7 Å². The van der Waals surface area contributed by atoms with Crippen molar-refractivity contribution in [1.82, 2.24) is 9.21 Å². The molecule has 2 fully saturated rings. The molecule has 2 bridgehead atoms. The molecule has 2 atom stereocenters. The van der Waals surface area contributed by atoms with Crippen molar-refractivity contribution in [3.05, 3.63) is 45.8 Å². The van der Waals surface area contributed by atoms with Gasteiger partial charge in [0.1, 0.15) is 5.00 Å². The van der Waals surface area contributed by atoms with E-state index in [1.54, 1.807) is 4.31 Å². The Kier molecular flexibility index (Phi) is 6.78. The summed E-state index contributed by atoms with van der Waals surface area (Å²) in [6, 6.07) is 6.47. The van der Waals surface area contributed by atoms with Gasteiger partial charge in [0.05, 0.1) is 10.5 Å². The molecule has 5 rings (SSSR count). The zero-order valence-corrected chi connectivity index (χ0v) is 24.5. The Hall–Kier alpha value is -2.27. The predicted octanol–water partition coefficient (Wildman–Crippen LogP) is 4.46. The Morgan fingerprint density at radius 3 is 2.45 bits per heavy atom. The number of sulfonamides is 1.